The summed E-state index contributed by atoms with van der Waals surface area (Å²) in [5.74, 6) is 0.0200. The van der Waals surface area contributed by atoms with Crippen molar-refractivity contribution < 1.29 is 28.6 Å². The van der Waals surface area contributed by atoms with E-state index in [-0.39, 0.29) is 48.3 Å². The third-order valence-corrected chi connectivity index (χ3v) is 6.62. The lowest BCUT2D eigenvalue weighted by Crippen LogP contribution is -2.50. The van der Waals surface area contributed by atoms with Gasteiger partial charge in [0.2, 0.25) is 11.8 Å². The molecule has 2 aliphatic rings. The highest BCUT2D eigenvalue weighted by atomic mass is 16.5. The van der Waals surface area contributed by atoms with Gasteiger partial charge < -0.3 is 29.3 Å². The molecule has 0 spiro atoms. The first-order valence-corrected chi connectivity index (χ1v) is 11.9. The van der Waals surface area contributed by atoms with E-state index in [9.17, 15) is 14.4 Å². The van der Waals surface area contributed by atoms with Crippen LogP contribution in [-0.2, 0) is 19.1 Å². The Bertz CT molecular complexity index is 885. The molecule has 2 heterocycles. The van der Waals surface area contributed by atoms with Crippen LogP contribution in [0.1, 0.15) is 44.0 Å². The van der Waals surface area contributed by atoms with Crippen LogP contribution >= 0.6 is 0 Å². The highest BCUT2D eigenvalue weighted by Gasteiger charge is 2.33. The van der Waals surface area contributed by atoms with Gasteiger partial charge in [-0.15, -0.1) is 0 Å². The van der Waals surface area contributed by atoms with Crippen molar-refractivity contribution in [3.8, 4) is 5.75 Å². The summed E-state index contributed by atoms with van der Waals surface area (Å²) < 4.78 is 17.3. The van der Waals surface area contributed by atoms with Crippen molar-refractivity contribution in [2.75, 3.05) is 52.4 Å². The first-order valence-electron chi connectivity index (χ1n) is 11.9. The molecule has 0 aliphatic carbocycles. The summed E-state index contributed by atoms with van der Waals surface area (Å²) in [6.07, 6.45) is 1.18. The van der Waals surface area contributed by atoms with Crippen LogP contribution in [0.25, 0.3) is 0 Å². The number of methoxy groups -OCH3 is 1. The average Bonchev–Trinajstić information content (AvgIpc) is 2.83. The summed E-state index contributed by atoms with van der Waals surface area (Å²) in [6.45, 7) is 7.73. The first-order chi connectivity index (χ1) is 16.2. The number of benzene rings is 1. The number of hydrogen-bond donors (Lipinski definition) is 1. The second-order valence-electron chi connectivity index (χ2n) is 9.37. The van der Waals surface area contributed by atoms with Gasteiger partial charge in [0.05, 0.1) is 17.7 Å². The Balaban J connectivity index is 1.94. The van der Waals surface area contributed by atoms with E-state index in [0.29, 0.717) is 43.3 Å². The largest absolute Gasteiger partial charge is 0.491 e. The lowest BCUT2D eigenvalue weighted by Gasteiger charge is -2.38. The summed E-state index contributed by atoms with van der Waals surface area (Å²) in [4.78, 5) is 41.8. The number of anilines is 1. The van der Waals surface area contributed by atoms with Gasteiger partial charge in [0, 0.05) is 64.9 Å². The third kappa shape index (κ3) is 6.27. The third-order valence-electron chi connectivity index (χ3n) is 6.62. The Morgan fingerprint density at radius 3 is 2.50 bits per heavy atom. The number of likely N-dealkylation sites (N-methyl/N-ethyl adjacent to an activating group) is 1. The maximum absolute atomic E-state index is 13.5. The maximum atomic E-state index is 13.5. The minimum Gasteiger partial charge on any atom is -0.491 e. The number of fused-ring (bicyclic) bond motifs is 1. The molecule has 0 aromatic heterocycles. The molecular weight excluding hydrogens is 438 g/mol. The van der Waals surface area contributed by atoms with Crippen LogP contribution in [-0.4, -0.2) is 86.7 Å². The number of amides is 3. The zero-order valence-corrected chi connectivity index (χ0v) is 20.8. The van der Waals surface area contributed by atoms with Crippen LogP contribution in [0.15, 0.2) is 18.2 Å². The average molecular weight is 476 g/mol. The lowest BCUT2D eigenvalue weighted by molar-refractivity contribution is -0.142. The molecule has 9 nitrogen and oxygen atoms in total. The Morgan fingerprint density at radius 2 is 1.85 bits per heavy atom. The minimum absolute atomic E-state index is 0.00361. The Kier molecular flexibility index (Phi) is 8.90. The molecule has 34 heavy (non-hydrogen) atoms. The molecule has 0 radical (unpaired) electrons. The fourth-order valence-corrected chi connectivity index (χ4v) is 4.54. The van der Waals surface area contributed by atoms with E-state index in [1.54, 1.807) is 37.3 Å². The highest BCUT2D eigenvalue weighted by Crippen LogP contribution is 2.27. The molecule has 1 fully saturated rings. The summed E-state index contributed by atoms with van der Waals surface area (Å²) in [5.41, 5.74) is 0.871. The Labute approximate surface area is 201 Å². The van der Waals surface area contributed by atoms with Crippen molar-refractivity contribution in [1.82, 2.24) is 9.80 Å². The topological polar surface area (TPSA) is 97.4 Å². The lowest BCUT2D eigenvalue weighted by atomic mass is 9.95. The predicted molar refractivity (Wildman–Crippen MR) is 128 cm³/mol. The summed E-state index contributed by atoms with van der Waals surface area (Å²) >= 11 is 0. The number of ether oxygens (including phenoxy) is 3. The first kappa shape index (κ1) is 26.0. The standard InChI is InChI=1S/C25H37N3O6/c1-16-13-28(24(30)19-8-10-33-11-9-19)17(2)15-34-22-7-6-20(26-18(3)29)12-21(22)25(31)27(4)14-23(16)32-5/h6-7,12,16-17,19,23H,8-11,13-15H2,1-5H3,(H,26,29)/t16-,17-,23+/m1/s1. The van der Waals surface area contributed by atoms with Crippen molar-refractivity contribution in [2.24, 2.45) is 11.8 Å². The van der Waals surface area contributed by atoms with E-state index in [0.717, 1.165) is 12.8 Å². The molecule has 2 aliphatic heterocycles. The predicted octanol–water partition coefficient (Wildman–Crippen LogP) is 2.40. The molecule has 0 unspecified atom stereocenters. The zero-order chi connectivity index (χ0) is 24.8. The Morgan fingerprint density at radius 1 is 1.15 bits per heavy atom. The number of rotatable bonds is 3. The van der Waals surface area contributed by atoms with Crippen LogP contribution in [0.4, 0.5) is 5.69 Å². The van der Waals surface area contributed by atoms with E-state index in [1.807, 2.05) is 18.7 Å². The molecule has 0 bridgehead atoms. The number of nitrogens with zero attached hydrogens (tertiary/aromatic N) is 2. The van der Waals surface area contributed by atoms with E-state index in [4.69, 9.17) is 14.2 Å². The SMILES string of the molecule is CO[C@H]1CN(C)C(=O)c2cc(NC(C)=O)ccc2OC[C@@H](C)N(C(=O)C2CCOCC2)C[C@H]1C. The van der Waals surface area contributed by atoms with Crippen LogP contribution < -0.4 is 10.1 Å². The molecule has 1 saturated heterocycles. The van der Waals surface area contributed by atoms with Crippen molar-refractivity contribution in [3.05, 3.63) is 23.8 Å². The second kappa shape index (κ2) is 11.7. The molecule has 1 aromatic rings. The van der Waals surface area contributed by atoms with Gasteiger partial charge in [-0.1, -0.05) is 6.92 Å². The molecule has 3 atom stereocenters. The quantitative estimate of drug-likeness (QED) is 0.721. The zero-order valence-electron chi connectivity index (χ0n) is 20.8. The van der Waals surface area contributed by atoms with Crippen molar-refractivity contribution in [3.63, 3.8) is 0 Å². The number of nitrogens with one attached hydrogen (secondary N) is 1. The van der Waals surface area contributed by atoms with E-state index in [1.165, 1.54) is 6.92 Å². The van der Waals surface area contributed by atoms with Crippen LogP contribution in [0, 0.1) is 11.8 Å². The minimum atomic E-state index is -0.256. The van der Waals surface area contributed by atoms with Crippen molar-refractivity contribution in [2.45, 2.75) is 45.8 Å². The molecule has 1 N–H and O–H groups in total. The van der Waals surface area contributed by atoms with Gasteiger partial charge in [0.1, 0.15) is 12.4 Å². The van der Waals surface area contributed by atoms with Gasteiger partial charge >= 0.3 is 0 Å². The van der Waals surface area contributed by atoms with Gasteiger partial charge in [-0.3, -0.25) is 14.4 Å². The monoisotopic (exact) mass is 475 g/mol. The molecule has 3 rings (SSSR count). The highest BCUT2D eigenvalue weighted by molar-refractivity contribution is 5.99. The van der Waals surface area contributed by atoms with Gasteiger partial charge in [-0.25, -0.2) is 0 Å². The fraction of sp³-hybridized carbons (Fsp3) is 0.640. The van der Waals surface area contributed by atoms with E-state index < -0.39 is 0 Å². The molecule has 0 saturated carbocycles. The number of carbonyl (C=O) groups excluding carboxylic acids is 3. The molecular formula is C25H37N3O6. The summed E-state index contributed by atoms with van der Waals surface area (Å²) in [6, 6.07) is 4.81. The number of hydrogen-bond acceptors (Lipinski definition) is 6. The van der Waals surface area contributed by atoms with E-state index >= 15 is 0 Å². The number of carbonyl (C=O) groups is 3. The summed E-state index contributed by atoms with van der Waals surface area (Å²) in [7, 11) is 3.35. The maximum Gasteiger partial charge on any atom is 0.257 e. The Hall–Kier alpha value is -2.65. The van der Waals surface area contributed by atoms with Crippen molar-refractivity contribution >= 4 is 23.4 Å². The van der Waals surface area contributed by atoms with Crippen LogP contribution in [0.3, 0.4) is 0 Å². The van der Waals surface area contributed by atoms with E-state index in [2.05, 4.69) is 5.32 Å². The molecule has 9 heteroatoms. The normalized spacial score (nSPS) is 25.0. The molecule has 3 amide bonds. The van der Waals surface area contributed by atoms with Gasteiger partial charge in [0.25, 0.3) is 5.91 Å². The molecule has 188 valence electrons. The van der Waals surface area contributed by atoms with Gasteiger partial charge in [-0.2, -0.15) is 0 Å². The molecule has 1 aromatic carbocycles. The van der Waals surface area contributed by atoms with Gasteiger partial charge in [0.15, 0.2) is 0 Å². The van der Waals surface area contributed by atoms with Crippen LogP contribution in [0.5, 0.6) is 5.75 Å². The summed E-state index contributed by atoms with van der Waals surface area (Å²) in [5, 5.41) is 2.72. The smallest absolute Gasteiger partial charge is 0.257 e. The van der Waals surface area contributed by atoms with Gasteiger partial charge in [-0.05, 0) is 38.0 Å². The fourth-order valence-electron chi connectivity index (χ4n) is 4.54. The van der Waals surface area contributed by atoms with Crippen LogP contribution in [0.2, 0.25) is 0 Å². The second-order valence-corrected chi connectivity index (χ2v) is 9.37. The van der Waals surface area contributed by atoms with Crippen molar-refractivity contribution in [1.29, 1.82) is 0 Å².